The van der Waals surface area contributed by atoms with Crippen LogP contribution in [0.1, 0.15) is 58.2 Å². The van der Waals surface area contributed by atoms with Crippen LogP contribution in [0.25, 0.3) is 6.08 Å². The first kappa shape index (κ1) is 19.5. The van der Waals surface area contributed by atoms with Crippen molar-refractivity contribution in [2.45, 2.75) is 52.4 Å². The van der Waals surface area contributed by atoms with Crippen molar-refractivity contribution in [3.8, 4) is 5.75 Å². The molecule has 0 spiro atoms. The number of benzene rings is 1. The van der Waals surface area contributed by atoms with Gasteiger partial charge in [0.1, 0.15) is 12.5 Å². The normalized spacial score (nSPS) is 18.9. The van der Waals surface area contributed by atoms with Crippen LogP contribution in [0.5, 0.6) is 5.75 Å². The maximum atomic E-state index is 12.2. The van der Waals surface area contributed by atoms with Crippen molar-refractivity contribution in [1.82, 2.24) is 5.32 Å². The molecule has 1 aromatic carbocycles. The van der Waals surface area contributed by atoms with E-state index in [-0.39, 0.29) is 29.2 Å². The van der Waals surface area contributed by atoms with Crippen molar-refractivity contribution in [3.05, 3.63) is 33.7 Å². The zero-order valence-corrected chi connectivity index (χ0v) is 16.4. The lowest BCUT2D eigenvalue weighted by atomic mass is 9.76. The van der Waals surface area contributed by atoms with E-state index >= 15 is 0 Å². The van der Waals surface area contributed by atoms with E-state index in [1.54, 1.807) is 12.1 Å². The van der Waals surface area contributed by atoms with E-state index in [1.165, 1.54) is 11.8 Å². The molecule has 3 N–H and O–H groups in total. The molecule has 0 unspecified atom stereocenters. The number of nitrogens with one attached hydrogen (secondary N) is 1. The molecule has 2 rings (SSSR count). The average Bonchev–Trinajstić information content (AvgIpc) is 2.78. The third-order valence-corrected chi connectivity index (χ3v) is 4.87. The number of nitrogens with zero attached hydrogens (tertiary/aromatic N) is 1. The van der Waals surface area contributed by atoms with Gasteiger partial charge >= 0.3 is 0 Å². The van der Waals surface area contributed by atoms with Gasteiger partial charge in [-0.25, -0.2) is 4.99 Å². The van der Waals surface area contributed by atoms with Crippen LogP contribution in [0.2, 0.25) is 0 Å². The Balaban J connectivity index is 2.69. The van der Waals surface area contributed by atoms with Crippen molar-refractivity contribution in [3.63, 3.8) is 0 Å². The first-order chi connectivity index (χ1) is 11.4. The molecule has 136 valence electrons. The molecule has 1 fully saturated rings. The minimum atomic E-state index is -0.365. The first-order valence-electron chi connectivity index (χ1n) is 8.17. The smallest absolute Gasteiger partial charge is 0.264 e. The van der Waals surface area contributed by atoms with Crippen LogP contribution in [0.3, 0.4) is 0 Å². The second kappa shape index (κ2) is 6.84. The number of aliphatic imine (C=N–C) groups is 1. The van der Waals surface area contributed by atoms with Crippen LogP contribution >= 0.6 is 11.8 Å². The van der Waals surface area contributed by atoms with Gasteiger partial charge in [-0.05, 0) is 57.5 Å². The van der Waals surface area contributed by atoms with E-state index in [0.29, 0.717) is 10.1 Å². The summed E-state index contributed by atoms with van der Waals surface area (Å²) in [6.45, 7) is 12.1. The van der Waals surface area contributed by atoms with Crippen LogP contribution in [0, 0.1) is 0 Å². The highest BCUT2D eigenvalue weighted by Crippen LogP contribution is 2.39. The predicted octanol–water partition coefficient (Wildman–Crippen LogP) is 3.50. The number of aromatic hydroxyl groups is 1. The van der Waals surface area contributed by atoms with Crippen molar-refractivity contribution in [2.24, 2.45) is 4.99 Å². The highest BCUT2D eigenvalue weighted by Gasteiger charge is 2.29. The highest BCUT2D eigenvalue weighted by molar-refractivity contribution is 8.18. The van der Waals surface area contributed by atoms with Crippen LogP contribution < -0.4 is 5.32 Å². The Hall–Kier alpha value is -1.79. The Labute approximate surface area is 153 Å². The lowest BCUT2D eigenvalue weighted by Crippen LogP contribution is -2.21. The van der Waals surface area contributed by atoms with E-state index in [2.05, 4.69) is 51.9 Å². The van der Waals surface area contributed by atoms with E-state index in [4.69, 9.17) is 5.11 Å². The number of carbonyl (C=O) groups excluding carboxylic acids is 1. The van der Waals surface area contributed by atoms with Gasteiger partial charge in [-0.3, -0.25) is 4.79 Å². The largest absolute Gasteiger partial charge is 0.508 e. The van der Waals surface area contributed by atoms with E-state index in [0.717, 1.165) is 16.7 Å². The van der Waals surface area contributed by atoms with Crippen molar-refractivity contribution >= 4 is 28.9 Å². The molecule has 0 radical (unpaired) electrons. The quantitative estimate of drug-likeness (QED) is 0.703. The maximum Gasteiger partial charge on any atom is 0.264 e. The number of carbonyl (C=O) groups is 1. The van der Waals surface area contributed by atoms with Gasteiger partial charge in [0.15, 0.2) is 5.17 Å². The molecule has 1 amide bonds. The molecule has 25 heavy (non-hydrogen) atoms. The summed E-state index contributed by atoms with van der Waals surface area (Å²) in [6.07, 6.45) is 1.86. The van der Waals surface area contributed by atoms with Gasteiger partial charge in [0.25, 0.3) is 5.91 Å². The fourth-order valence-corrected chi connectivity index (χ4v) is 3.53. The third-order valence-electron chi connectivity index (χ3n) is 3.92. The fraction of sp³-hybridized carbons (Fsp3) is 0.474. The number of amides is 1. The number of phenols is 1. The molecule has 1 aliphatic heterocycles. The Morgan fingerprint density at radius 3 is 2.08 bits per heavy atom. The summed E-state index contributed by atoms with van der Waals surface area (Å²) in [5.41, 5.74) is 2.50. The molecule has 0 bridgehead atoms. The summed E-state index contributed by atoms with van der Waals surface area (Å²) in [5, 5.41) is 22.2. The van der Waals surface area contributed by atoms with Gasteiger partial charge in [0.2, 0.25) is 0 Å². The number of rotatable bonds is 2. The number of phenolic OH excluding ortho intramolecular Hbond substituents is 1. The molecule has 6 heteroatoms. The fourth-order valence-electron chi connectivity index (χ4n) is 2.73. The summed E-state index contributed by atoms with van der Waals surface area (Å²) >= 11 is 1.21. The van der Waals surface area contributed by atoms with Crippen LogP contribution in [-0.4, -0.2) is 28.0 Å². The topological polar surface area (TPSA) is 81.9 Å². The third kappa shape index (κ3) is 4.44. The van der Waals surface area contributed by atoms with Crippen molar-refractivity contribution < 1.29 is 15.0 Å². The summed E-state index contributed by atoms with van der Waals surface area (Å²) in [7, 11) is 0. The second-order valence-corrected chi connectivity index (χ2v) is 9.15. The SMILES string of the molecule is CC(C)(C)c1cc(O)cc(C(C)(C)C)c1C=C1S/C(=N/CO)NC1=O. The average molecular weight is 362 g/mol. The summed E-state index contributed by atoms with van der Waals surface area (Å²) in [6, 6.07) is 3.53. The Morgan fingerprint density at radius 1 is 1.12 bits per heavy atom. The predicted molar refractivity (Wildman–Crippen MR) is 104 cm³/mol. The number of hydrogen-bond donors (Lipinski definition) is 3. The Bertz CT molecular complexity index is 718. The zero-order valence-electron chi connectivity index (χ0n) is 15.6. The van der Waals surface area contributed by atoms with E-state index < -0.39 is 0 Å². The molecule has 1 saturated heterocycles. The van der Waals surface area contributed by atoms with Crippen LogP contribution in [0.4, 0.5) is 0 Å². The van der Waals surface area contributed by atoms with Gasteiger partial charge in [-0.1, -0.05) is 41.5 Å². The van der Waals surface area contributed by atoms with Gasteiger partial charge < -0.3 is 15.5 Å². The Morgan fingerprint density at radius 2 is 1.64 bits per heavy atom. The number of amidine groups is 1. The summed E-state index contributed by atoms with van der Waals surface area (Å²) in [5.74, 6) is -0.00643. The molecule has 0 aliphatic carbocycles. The standard InChI is InChI=1S/C19H26N2O3S/c1-18(2,3)13-7-11(23)8-14(19(4,5)6)12(13)9-15-16(24)21-17(25-15)20-10-22/h7-9,22-23H,10H2,1-6H3,(H,20,21,24). The molecular weight excluding hydrogens is 336 g/mol. The lowest BCUT2D eigenvalue weighted by molar-refractivity contribution is -0.115. The summed E-state index contributed by atoms with van der Waals surface area (Å²) in [4.78, 5) is 16.6. The van der Waals surface area contributed by atoms with Crippen molar-refractivity contribution in [1.29, 1.82) is 0 Å². The lowest BCUT2D eigenvalue weighted by Gasteiger charge is -2.29. The zero-order chi connectivity index (χ0) is 19.0. The van der Waals surface area contributed by atoms with E-state index in [1.807, 2.05) is 6.08 Å². The monoisotopic (exact) mass is 362 g/mol. The minimum absolute atomic E-state index is 0.201. The number of thioether (sulfide) groups is 1. The van der Waals surface area contributed by atoms with Gasteiger partial charge in [-0.2, -0.15) is 0 Å². The summed E-state index contributed by atoms with van der Waals surface area (Å²) < 4.78 is 0. The van der Waals surface area contributed by atoms with Gasteiger partial charge in [0.05, 0.1) is 4.91 Å². The molecule has 0 saturated carbocycles. The van der Waals surface area contributed by atoms with Gasteiger partial charge in [0, 0.05) is 0 Å². The number of hydrogen-bond acceptors (Lipinski definition) is 5. The number of aliphatic hydroxyl groups excluding tert-OH is 1. The molecule has 0 atom stereocenters. The molecule has 0 aromatic heterocycles. The van der Waals surface area contributed by atoms with Crippen LogP contribution in [-0.2, 0) is 15.6 Å². The number of aliphatic hydroxyl groups is 1. The molecule has 1 aromatic rings. The molecule has 1 heterocycles. The van der Waals surface area contributed by atoms with Crippen molar-refractivity contribution in [2.75, 3.05) is 6.73 Å². The highest BCUT2D eigenvalue weighted by atomic mass is 32.2. The van der Waals surface area contributed by atoms with Gasteiger partial charge in [-0.15, -0.1) is 0 Å². The van der Waals surface area contributed by atoms with Crippen LogP contribution in [0.15, 0.2) is 22.0 Å². The molecule has 1 aliphatic rings. The Kier molecular flexibility index (Phi) is 5.35. The minimum Gasteiger partial charge on any atom is -0.508 e. The second-order valence-electron chi connectivity index (χ2n) is 8.12. The molecular formula is C19H26N2O3S. The molecule has 5 nitrogen and oxygen atoms in total. The van der Waals surface area contributed by atoms with E-state index in [9.17, 15) is 9.90 Å². The first-order valence-corrected chi connectivity index (χ1v) is 8.99. The maximum absolute atomic E-state index is 12.2.